The van der Waals surface area contributed by atoms with Gasteiger partial charge in [-0.3, -0.25) is 29.4 Å². The summed E-state index contributed by atoms with van der Waals surface area (Å²) in [6.07, 6.45) is 11.8. The number of aromatic nitrogens is 4. The molecular weight excluding hydrogens is 1570 g/mol. The highest BCUT2D eigenvalue weighted by molar-refractivity contribution is 5.97. The van der Waals surface area contributed by atoms with Crippen molar-refractivity contribution >= 4 is 46.9 Å². The second kappa shape index (κ2) is 34.6. The summed E-state index contributed by atoms with van der Waals surface area (Å²) in [7, 11) is 12.5. The molecule has 7 heterocycles. The number of nitriles is 1. The van der Waals surface area contributed by atoms with Crippen LogP contribution in [-0.2, 0) is 39.2 Å². The lowest BCUT2D eigenvalue weighted by Gasteiger charge is -2.49. The Kier molecular flexibility index (Phi) is 24.5. The van der Waals surface area contributed by atoms with Gasteiger partial charge in [0.05, 0.1) is 109 Å². The first kappa shape index (κ1) is 86.3. The Morgan fingerprint density at radius 1 is 0.434 bits per heavy atom. The van der Waals surface area contributed by atoms with Crippen molar-refractivity contribution in [1.82, 2.24) is 60.8 Å². The van der Waals surface area contributed by atoms with Crippen LogP contribution >= 0.6 is 0 Å². The van der Waals surface area contributed by atoms with Crippen molar-refractivity contribution in [2.75, 3.05) is 114 Å². The third-order valence-electron chi connectivity index (χ3n) is 28.3. The third-order valence-corrected chi connectivity index (χ3v) is 28.3. The first-order valence-electron chi connectivity index (χ1n) is 42.4. The van der Waals surface area contributed by atoms with Crippen LogP contribution in [0.5, 0.6) is 0 Å². The molecule has 6 aromatic carbocycles. The number of carbonyl (C=O) groups is 4. The van der Waals surface area contributed by atoms with Gasteiger partial charge in [0.25, 0.3) is 0 Å². The Morgan fingerprint density at radius 3 is 1.07 bits per heavy atom. The molecule has 4 N–H and O–H groups in total. The van der Waals surface area contributed by atoms with E-state index in [2.05, 4.69) is 170 Å². The van der Waals surface area contributed by atoms with Crippen LogP contribution in [0.2, 0.25) is 0 Å². The lowest BCUT2D eigenvalue weighted by molar-refractivity contribution is -0.145. The monoisotopic (exact) mass is 1680 g/mol. The fourth-order valence-corrected chi connectivity index (χ4v) is 20.5. The molecule has 5 saturated heterocycles. The predicted molar refractivity (Wildman–Crippen MR) is 452 cm³/mol. The molecule has 5 aliphatic heterocycles. The molecule has 18 rings (SSSR count). The zero-order chi connectivity index (χ0) is 86.1. The average molecular weight is 1680 g/mol. The zero-order valence-electron chi connectivity index (χ0n) is 70.0. The van der Waals surface area contributed by atoms with E-state index < -0.39 is 29.5 Å². The van der Waals surface area contributed by atoms with Crippen molar-refractivity contribution in [3.63, 3.8) is 0 Å². The first-order valence-corrected chi connectivity index (χ1v) is 42.4. The number of hydrogen-bond donors (Lipinski definition) is 4. The van der Waals surface area contributed by atoms with Crippen LogP contribution in [0.4, 0.5) is 72.7 Å². The van der Waals surface area contributed by atoms with E-state index in [0.29, 0.717) is 75.3 Å². The molecule has 0 radical (unpaired) electrons. The molecule has 10 aliphatic rings. The summed E-state index contributed by atoms with van der Waals surface area (Å²) in [6.45, 7) is 4.68. The van der Waals surface area contributed by atoms with Gasteiger partial charge in [-0.05, 0) is 235 Å². The number of alkyl halides is 6. The Labute approximate surface area is 708 Å². The van der Waals surface area contributed by atoms with Crippen LogP contribution in [0.3, 0.4) is 0 Å². The standard InChI is InChI=1S/C24H28F3N5O2.C24H28F3N5O.C23H26N4O.C22H26FN3O/c1-28-23(18-5-3-2-4-6-18)9-7-22(8-10-23)16-31(21(33)32(22)13-17-14-34-15-17)19-11-29-20(30-12-19)24(25,26)27;1-28-23(18-5-3-2-4-6-18)11-9-22(10-12-23)16-31(21(33)32(22)15-17-7-8-17)19-13-29-20(30-14-19)24(25,26)27;1-26(2)23(19-6-4-3-5-7-19)14-12-22(13-15-23)17-27(21(28)25-22)20-10-8-18(16-24)9-11-20;1-25(2)22(17-6-4-3-5-7-17)14-12-21(13-15-22)16-26(20(27)24-21)19-10-8-18(23)9-11-19/h2-6,11-12,17,28H,7-10,13-16H2,1H3;2-6,13-14,17,28H,7-12,15-16H2,1H3;3-11H,12-15,17H2,1-2H3,(H,25,28);3-11H,12-16H2,1-2H3,(H,24,27). The molecule has 8 amide bonds. The second-order valence-electron chi connectivity index (χ2n) is 35.5. The largest absolute Gasteiger partial charge is 0.451 e. The van der Waals surface area contributed by atoms with E-state index in [0.717, 1.165) is 152 Å². The van der Waals surface area contributed by atoms with Crippen molar-refractivity contribution in [3.05, 3.63) is 240 Å². The number of halogens is 7. The minimum atomic E-state index is -4.62. The second-order valence-corrected chi connectivity index (χ2v) is 35.5. The highest BCUT2D eigenvalue weighted by atomic mass is 19.4. The van der Waals surface area contributed by atoms with E-state index in [1.165, 1.54) is 39.3 Å². The number of ether oxygens (including phenoxy) is 1. The van der Waals surface area contributed by atoms with E-state index >= 15 is 0 Å². The normalized spacial score (nSPS) is 27.8. The van der Waals surface area contributed by atoms with E-state index in [-0.39, 0.29) is 74.6 Å². The number of nitrogens with zero attached hydrogens (tertiary/aromatic N) is 13. The van der Waals surface area contributed by atoms with Gasteiger partial charge in [0, 0.05) is 52.5 Å². The molecule has 4 spiro atoms. The average Bonchev–Trinajstić information content (AvgIpc) is 1.58. The molecule has 10 fully saturated rings. The van der Waals surface area contributed by atoms with Crippen LogP contribution in [0, 0.1) is 29.0 Å². The van der Waals surface area contributed by atoms with Gasteiger partial charge in [0.1, 0.15) is 5.82 Å². The molecule has 0 atom stereocenters. The number of carbonyl (C=O) groups excluding carboxylic acids is 4. The summed E-state index contributed by atoms with van der Waals surface area (Å²) in [5.41, 5.74) is 6.54. The van der Waals surface area contributed by atoms with Crippen molar-refractivity contribution < 1.29 is 54.6 Å². The van der Waals surface area contributed by atoms with Crippen LogP contribution in [0.1, 0.15) is 155 Å². The molecule has 5 saturated carbocycles. The number of anilines is 4. The van der Waals surface area contributed by atoms with Gasteiger partial charge in [-0.15, -0.1) is 0 Å². The Bertz CT molecular complexity index is 4970. The molecule has 122 heavy (non-hydrogen) atoms. The van der Waals surface area contributed by atoms with Crippen LogP contribution < -0.4 is 40.9 Å². The summed E-state index contributed by atoms with van der Waals surface area (Å²) >= 11 is 0. The van der Waals surface area contributed by atoms with Gasteiger partial charge in [-0.2, -0.15) is 31.6 Å². The summed E-state index contributed by atoms with van der Waals surface area (Å²) in [6, 6.07) is 57.1. The van der Waals surface area contributed by atoms with Crippen LogP contribution in [-0.4, -0.2) is 181 Å². The minimum Gasteiger partial charge on any atom is -0.381 e. The van der Waals surface area contributed by atoms with Crippen LogP contribution in [0.15, 0.2) is 195 Å². The summed E-state index contributed by atoms with van der Waals surface area (Å²) < 4.78 is 96.0. The lowest BCUT2D eigenvalue weighted by atomic mass is 9.69. The first-order chi connectivity index (χ1) is 58.4. The van der Waals surface area contributed by atoms with Crippen LogP contribution in [0.25, 0.3) is 0 Å². The fourth-order valence-electron chi connectivity index (χ4n) is 20.5. The van der Waals surface area contributed by atoms with Gasteiger partial charge in [-0.1, -0.05) is 121 Å². The Balaban J connectivity index is 0.000000127. The molecule has 2 aromatic heterocycles. The highest BCUT2D eigenvalue weighted by Crippen LogP contribution is 2.53. The smallest absolute Gasteiger partial charge is 0.381 e. The Hall–Kier alpha value is -10.6. The van der Waals surface area contributed by atoms with Gasteiger partial charge in [-0.25, -0.2) is 43.5 Å². The minimum absolute atomic E-state index is 0.000529. The van der Waals surface area contributed by atoms with Gasteiger partial charge >= 0.3 is 36.5 Å². The van der Waals surface area contributed by atoms with Crippen molar-refractivity contribution in [2.45, 2.75) is 172 Å². The quantitative estimate of drug-likeness (QED) is 0.0660. The van der Waals surface area contributed by atoms with E-state index in [9.17, 15) is 49.9 Å². The SMILES string of the molecule is CN(C)C1(c2ccccc2)CCC2(CC1)CN(c1ccc(C#N)cc1)C(=O)N2.CN(C)C1(c2ccccc2)CCC2(CC1)CN(c1ccc(F)cc1)C(=O)N2.CNC1(c2ccccc2)CCC2(CC1)CN(c1cnc(C(F)(F)F)nc1)C(=O)N2CC1CC1.CNC1(c2ccccc2)CCC2(CC1)CN(c1cnc(C(F)(F)F)nc1)C(=O)N2CC1COC1. The molecule has 0 unspecified atom stereocenters. The van der Waals surface area contributed by atoms with E-state index in [1.54, 1.807) is 34.1 Å². The highest BCUT2D eigenvalue weighted by Gasteiger charge is 2.59. The lowest BCUT2D eigenvalue weighted by Crippen LogP contribution is -2.57. The van der Waals surface area contributed by atoms with Crippen molar-refractivity contribution in [2.24, 2.45) is 11.8 Å². The third kappa shape index (κ3) is 17.3. The van der Waals surface area contributed by atoms with Gasteiger partial charge in [0.15, 0.2) is 0 Å². The maximum Gasteiger partial charge on any atom is 0.451 e. The van der Waals surface area contributed by atoms with Gasteiger partial charge in [0.2, 0.25) is 11.6 Å². The summed E-state index contributed by atoms with van der Waals surface area (Å²) in [4.78, 5) is 81.5. The predicted octanol–water partition coefficient (Wildman–Crippen LogP) is 16.4. The molecule has 22 nitrogen and oxygen atoms in total. The Morgan fingerprint density at radius 2 is 0.770 bits per heavy atom. The molecule has 644 valence electrons. The number of urea groups is 4. The number of benzene rings is 6. The summed E-state index contributed by atoms with van der Waals surface area (Å²) in [5.74, 6) is -1.90. The van der Waals surface area contributed by atoms with E-state index in [1.807, 2.05) is 77.3 Å². The fraction of sp³-hybridized carbons (Fsp3) is 0.473. The molecule has 0 bridgehead atoms. The van der Waals surface area contributed by atoms with Crippen molar-refractivity contribution in [1.29, 1.82) is 5.26 Å². The molecule has 29 heteroatoms. The topological polar surface area (TPSA) is 227 Å². The van der Waals surface area contributed by atoms with Gasteiger partial charge < -0.3 is 35.8 Å². The number of rotatable bonds is 16. The molecule has 5 aliphatic carbocycles. The number of amides is 8. The molecular formula is C93H108F7N17O5. The van der Waals surface area contributed by atoms with E-state index in [4.69, 9.17) is 10.00 Å². The maximum atomic E-state index is 13.6. The zero-order valence-corrected chi connectivity index (χ0v) is 70.0. The summed E-state index contributed by atoms with van der Waals surface area (Å²) in [5, 5.41) is 22.6. The molecule has 8 aromatic rings. The number of nitrogens with one attached hydrogen (secondary N) is 4. The number of hydrogen-bond acceptors (Lipinski definition) is 14. The van der Waals surface area contributed by atoms with Crippen molar-refractivity contribution in [3.8, 4) is 6.07 Å². The maximum absolute atomic E-state index is 13.6.